The minimum atomic E-state index is 0.629. The quantitative estimate of drug-likeness (QED) is 0.880. The number of methoxy groups -OCH3 is 2. The summed E-state index contributed by atoms with van der Waals surface area (Å²) >= 11 is 0. The summed E-state index contributed by atoms with van der Waals surface area (Å²) in [6.45, 7) is 2.17. The molecule has 0 amide bonds. The van der Waals surface area contributed by atoms with Crippen LogP contribution in [0.1, 0.15) is 19.3 Å². The van der Waals surface area contributed by atoms with Crippen molar-refractivity contribution < 1.29 is 9.47 Å². The fraction of sp³-hybridized carbons (Fsp3) is 0.600. The second kappa shape index (κ2) is 5.29. The zero-order valence-corrected chi connectivity index (χ0v) is 11.7. The molecule has 1 aromatic carbocycles. The van der Waals surface area contributed by atoms with Crippen LogP contribution in [0.2, 0.25) is 0 Å². The number of anilines is 1. The molecule has 3 rings (SSSR count). The van der Waals surface area contributed by atoms with Crippen LogP contribution >= 0.6 is 0 Å². The van der Waals surface area contributed by atoms with Crippen molar-refractivity contribution in [1.82, 2.24) is 5.32 Å². The maximum absolute atomic E-state index is 5.34. The van der Waals surface area contributed by atoms with Crippen LogP contribution in [0, 0.1) is 0 Å². The van der Waals surface area contributed by atoms with Gasteiger partial charge in [-0.1, -0.05) is 0 Å². The van der Waals surface area contributed by atoms with E-state index in [9.17, 15) is 0 Å². The largest absolute Gasteiger partial charge is 0.497 e. The molecule has 2 fully saturated rings. The van der Waals surface area contributed by atoms with E-state index >= 15 is 0 Å². The standard InChI is InChI=1S/C15H22N2O2/c1-18-14-7-13(8-15(9-14)19-2)17-6-5-12(10-17)16-11-3-4-11/h7-9,11-12,16H,3-6,10H2,1-2H3. The number of nitrogens with zero attached hydrogens (tertiary/aromatic N) is 1. The van der Waals surface area contributed by atoms with E-state index in [4.69, 9.17) is 9.47 Å². The van der Waals surface area contributed by atoms with Crippen LogP contribution in [0.3, 0.4) is 0 Å². The van der Waals surface area contributed by atoms with Crippen LogP contribution in [0.15, 0.2) is 18.2 Å². The minimum absolute atomic E-state index is 0.629. The summed E-state index contributed by atoms with van der Waals surface area (Å²) in [5, 5.41) is 3.71. The van der Waals surface area contributed by atoms with Gasteiger partial charge in [-0.25, -0.2) is 0 Å². The molecule has 0 bridgehead atoms. The van der Waals surface area contributed by atoms with Gasteiger partial charge in [-0.3, -0.25) is 0 Å². The molecule has 1 heterocycles. The monoisotopic (exact) mass is 262 g/mol. The molecule has 1 N–H and O–H groups in total. The van der Waals surface area contributed by atoms with Gasteiger partial charge in [-0.2, -0.15) is 0 Å². The molecule has 0 radical (unpaired) electrons. The highest BCUT2D eigenvalue weighted by atomic mass is 16.5. The van der Waals surface area contributed by atoms with Crippen molar-refractivity contribution in [2.75, 3.05) is 32.2 Å². The first-order valence-electron chi connectivity index (χ1n) is 7.02. The fourth-order valence-corrected chi connectivity index (χ4v) is 2.69. The molecule has 1 saturated carbocycles. The highest BCUT2D eigenvalue weighted by Crippen LogP contribution is 2.31. The highest BCUT2D eigenvalue weighted by Gasteiger charge is 2.29. The van der Waals surface area contributed by atoms with Crippen LogP contribution in [0.25, 0.3) is 0 Å². The average molecular weight is 262 g/mol. The van der Waals surface area contributed by atoms with E-state index in [-0.39, 0.29) is 0 Å². The topological polar surface area (TPSA) is 33.7 Å². The summed E-state index contributed by atoms with van der Waals surface area (Å²) in [6.07, 6.45) is 3.92. The smallest absolute Gasteiger partial charge is 0.124 e. The third kappa shape index (κ3) is 2.95. The van der Waals surface area contributed by atoms with Crippen molar-refractivity contribution >= 4 is 5.69 Å². The molecule has 1 atom stereocenters. The Kier molecular flexibility index (Phi) is 3.51. The highest BCUT2D eigenvalue weighted by molar-refractivity contribution is 5.56. The lowest BCUT2D eigenvalue weighted by Gasteiger charge is -2.20. The van der Waals surface area contributed by atoms with Gasteiger partial charge in [0.25, 0.3) is 0 Å². The van der Waals surface area contributed by atoms with Crippen molar-refractivity contribution in [2.45, 2.75) is 31.3 Å². The molecule has 1 aliphatic heterocycles. The third-order valence-electron chi connectivity index (χ3n) is 3.94. The van der Waals surface area contributed by atoms with Gasteiger partial charge in [0, 0.05) is 49.1 Å². The molecule has 104 valence electrons. The third-order valence-corrected chi connectivity index (χ3v) is 3.94. The molecule has 0 spiro atoms. The molecule has 4 heteroatoms. The first kappa shape index (κ1) is 12.6. The second-order valence-electron chi connectivity index (χ2n) is 5.44. The van der Waals surface area contributed by atoms with E-state index in [0.29, 0.717) is 6.04 Å². The van der Waals surface area contributed by atoms with Crippen LogP contribution in [-0.4, -0.2) is 39.4 Å². The molecular weight excluding hydrogens is 240 g/mol. The molecule has 1 saturated heterocycles. The van der Waals surface area contributed by atoms with Gasteiger partial charge in [0.1, 0.15) is 11.5 Å². The normalized spacial score (nSPS) is 22.6. The molecule has 1 aromatic rings. The van der Waals surface area contributed by atoms with Gasteiger partial charge >= 0.3 is 0 Å². The average Bonchev–Trinajstić information content (AvgIpc) is 3.13. The van der Waals surface area contributed by atoms with E-state index < -0.39 is 0 Å². The molecule has 1 unspecified atom stereocenters. The van der Waals surface area contributed by atoms with E-state index in [1.54, 1.807) is 14.2 Å². The van der Waals surface area contributed by atoms with Crippen LogP contribution in [0.4, 0.5) is 5.69 Å². The van der Waals surface area contributed by atoms with E-state index in [0.717, 1.165) is 30.6 Å². The zero-order chi connectivity index (χ0) is 13.2. The predicted molar refractivity (Wildman–Crippen MR) is 76.3 cm³/mol. The number of benzene rings is 1. The molecule has 19 heavy (non-hydrogen) atoms. The summed E-state index contributed by atoms with van der Waals surface area (Å²) in [7, 11) is 3.39. The number of nitrogens with one attached hydrogen (secondary N) is 1. The summed E-state index contributed by atoms with van der Waals surface area (Å²) in [5.74, 6) is 1.71. The Labute approximate surface area is 114 Å². The second-order valence-corrected chi connectivity index (χ2v) is 5.44. The molecule has 0 aromatic heterocycles. The predicted octanol–water partition coefficient (Wildman–Crippen LogP) is 2.03. The maximum Gasteiger partial charge on any atom is 0.124 e. The number of rotatable bonds is 5. The molecular formula is C15H22N2O2. The molecule has 1 aliphatic carbocycles. The summed E-state index contributed by atoms with van der Waals surface area (Å²) in [6, 6.07) is 7.50. The fourth-order valence-electron chi connectivity index (χ4n) is 2.69. The lowest BCUT2D eigenvalue weighted by atomic mass is 10.2. The Morgan fingerprint density at radius 2 is 1.68 bits per heavy atom. The number of hydrogen-bond acceptors (Lipinski definition) is 4. The zero-order valence-electron chi connectivity index (χ0n) is 11.7. The summed E-state index contributed by atoms with van der Waals surface area (Å²) in [5.41, 5.74) is 1.19. The van der Waals surface area contributed by atoms with Crippen molar-refractivity contribution in [3.63, 3.8) is 0 Å². The lowest BCUT2D eigenvalue weighted by molar-refractivity contribution is 0.394. The van der Waals surface area contributed by atoms with Gasteiger partial charge < -0.3 is 19.7 Å². The SMILES string of the molecule is COc1cc(OC)cc(N2CCC(NC3CC3)C2)c1. The van der Waals surface area contributed by atoms with Gasteiger partial charge in [-0.05, 0) is 19.3 Å². The Bertz CT molecular complexity index is 424. The van der Waals surface area contributed by atoms with Crippen molar-refractivity contribution in [1.29, 1.82) is 0 Å². The Morgan fingerprint density at radius 3 is 2.26 bits per heavy atom. The Morgan fingerprint density at radius 1 is 1.00 bits per heavy atom. The van der Waals surface area contributed by atoms with Crippen molar-refractivity contribution in [2.24, 2.45) is 0 Å². The summed E-state index contributed by atoms with van der Waals surface area (Å²) in [4.78, 5) is 2.41. The summed E-state index contributed by atoms with van der Waals surface area (Å²) < 4.78 is 10.7. The van der Waals surface area contributed by atoms with E-state index in [2.05, 4.69) is 22.3 Å². The van der Waals surface area contributed by atoms with Gasteiger partial charge in [0.2, 0.25) is 0 Å². The molecule has 2 aliphatic rings. The minimum Gasteiger partial charge on any atom is -0.497 e. The van der Waals surface area contributed by atoms with E-state index in [1.807, 2.05) is 6.07 Å². The van der Waals surface area contributed by atoms with Gasteiger partial charge in [0.15, 0.2) is 0 Å². The van der Waals surface area contributed by atoms with Gasteiger partial charge in [-0.15, -0.1) is 0 Å². The van der Waals surface area contributed by atoms with E-state index in [1.165, 1.54) is 24.9 Å². The van der Waals surface area contributed by atoms with Crippen LogP contribution in [-0.2, 0) is 0 Å². The first-order chi connectivity index (χ1) is 9.28. The number of ether oxygens (including phenoxy) is 2. The van der Waals surface area contributed by atoms with Crippen molar-refractivity contribution in [3.05, 3.63) is 18.2 Å². The van der Waals surface area contributed by atoms with Crippen molar-refractivity contribution in [3.8, 4) is 11.5 Å². The maximum atomic E-state index is 5.34. The Hall–Kier alpha value is -1.42. The van der Waals surface area contributed by atoms with Crippen LogP contribution < -0.4 is 19.7 Å². The Balaban J connectivity index is 1.70. The molecule has 4 nitrogen and oxygen atoms in total. The number of hydrogen-bond donors (Lipinski definition) is 1. The first-order valence-corrected chi connectivity index (χ1v) is 7.02. The van der Waals surface area contributed by atoms with Crippen LogP contribution in [0.5, 0.6) is 11.5 Å². The lowest BCUT2D eigenvalue weighted by Crippen LogP contribution is -2.33. The van der Waals surface area contributed by atoms with Gasteiger partial charge in [0.05, 0.1) is 14.2 Å².